The predicted octanol–water partition coefficient (Wildman–Crippen LogP) is 2.46. The zero-order valence-electron chi connectivity index (χ0n) is 8.96. The molecule has 0 aliphatic carbocycles. The Morgan fingerprint density at radius 1 is 1.35 bits per heavy atom. The predicted molar refractivity (Wildman–Crippen MR) is 55.7 cm³/mol. The minimum absolute atomic E-state index is 0.0624. The highest BCUT2D eigenvalue weighted by molar-refractivity contribution is 5.49. The maximum absolute atomic E-state index is 12.7. The van der Waals surface area contributed by atoms with Crippen molar-refractivity contribution in [1.29, 1.82) is 0 Å². The van der Waals surface area contributed by atoms with Crippen molar-refractivity contribution in [2.24, 2.45) is 0 Å². The molecule has 3 nitrogen and oxygen atoms in total. The van der Waals surface area contributed by atoms with Crippen LogP contribution in [0.25, 0.3) is 0 Å². The number of alkyl halides is 3. The molecular weight excluding hydrogens is 235 g/mol. The highest BCUT2D eigenvalue weighted by Gasteiger charge is 2.35. The van der Waals surface area contributed by atoms with E-state index in [9.17, 15) is 13.2 Å². The summed E-state index contributed by atoms with van der Waals surface area (Å²) in [5.74, 6) is -0.192. The Balaban J connectivity index is 2.25. The molecule has 1 heterocycles. The van der Waals surface area contributed by atoms with Gasteiger partial charge in [0, 0.05) is 12.1 Å². The molecule has 6 heteroatoms. The van der Waals surface area contributed by atoms with E-state index in [1.165, 1.54) is 12.1 Å². The van der Waals surface area contributed by atoms with Crippen LogP contribution in [0.1, 0.15) is 12.0 Å². The molecule has 0 amide bonds. The van der Waals surface area contributed by atoms with Gasteiger partial charge in [0.15, 0.2) is 0 Å². The van der Waals surface area contributed by atoms with Gasteiger partial charge in [-0.25, -0.2) is 0 Å². The topological polar surface area (TPSA) is 44.5 Å². The van der Waals surface area contributed by atoms with Crippen LogP contribution in [0.5, 0.6) is 5.75 Å². The van der Waals surface area contributed by atoms with Crippen molar-refractivity contribution >= 4 is 5.69 Å². The molecule has 0 saturated carbocycles. The standard InChI is InChI=1S/C11H12F3NO2/c12-11(13,14)9-5-7(15)1-2-10(9)17-8-3-4-16-6-8/h1-2,5,8H,3-4,6,15H2. The largest absolute Gasteiger partial charge is 0.487 e. The Morgan fingerprint density at radius 2 is 2.12 bits per heavy atom. The molecule has 0 bridgehead atoms. The van der Waals surface area contributed by atoms with Crippen LogP contribution in [-0.2, 0) is 10.9 Å². The SMILES string of the molecule is Nc1ccc(OC2CCOC2)c(C(F)(F)F)c1. The van der Waals surface area contributed by atoms with Crippen molar-refractivity contribution in [3.05, 3.63) is 23.8 Å². The summed E-state index contributed by atoms with van der Waals surface area (Å²) in [5, 5.41) is 0. The average molecular weight is 247 g/mol. The number of benzene rings is 1. The Kier molecular flexibility index (Phi) is 3.15. The van der Waals surface area contributed by atoms with Gasteiger partial charge in [-0.2, -0.15) is 13.2 Å². The third-order valence-electron chi connectivity index (χ3n) is 2.49. The molecule has 1 fully saturated rings. The van der Waals surface area contributed by atoms with E-state index in [0.717, 1.165) is 6.07 Å². The van der Waals surface area contributed by atoms with E-state index >= 15 is 0 Å². The lowest BCUT2D eigenvalue weighted by Gasteiger charge is -2.17. The van der Waals surface area contributed by atoms with Gasteiger partial charge in [-0.15, -0.1) is 0 Å². The van der Waals surface area contributed by atoms with Gasteiger partial charge >= 0.3 is 6.18 Å². The molecule has 1 atom stereocenters. The number of hydrogen-bond acceptors (Lipinski definition) is 3. The Bertz CT molecular complexity index is 400. The van der Waals surface area contributed by atoms with Crippen molar-refractivity contribution in [3.63, 3.8) is 0 Å². The summed E-state index contributed by atoms with van der Waals surface area (Å²) in [6.45, 7) is 0.836. The second-order valence-electron chi connectivity index (χ2n) is 3.86. The summed E-state index contributed by atoms with van der Waals surface area (Å²) in [5.41, 5.74) is 4.57. The lowest BCUT2D eigenvalue weighted by molar-refractivity contribution is -0.139. The molecule has 2 N–H and O–H groups in total. The summed E-state index contributed by atoms with van der Waals surface area (Å²) in [6.07, 6.45) is -4.19. The zero-order valence-corrected chi connectivity index (χ0v) is 8.96. The molecule has 1 aromatic carbocycles. The number of nitrogen functional groups attached to an aromatic ring is 1. The van der Waals surface area contributed by atoms with Crippen LogP contribution in [-0.4, -0.2) is 19.3 Å². The van der Waals surface area contributed by atoms with Gasteiger partial charge in [0.1, 0.15) is 11.9 Å². The third-order valence-corrected chi connectivity index (χ3v) is 2.49. The normalized spacial score (nSPS) is 20.5. The molecule has 1 aromatic rings. The zero-order chi connectivity index (χ0) is 12.5. The van der Waals surface area contributed by atoms with Crippen molar-refractivity contribution in [1.82, 2.24) is 0 Å². The molecule has 94 valence electrons. The van der Waals surface area contributed by atoms with Crippen molar-refractivity contribution in [2.75, 3.05) is 18.9 Å². The first-order valence-electron chi connectivity index (χ1n) is 5.18. The molecule has 2 rings (SSSR count). The number of nitrogens with two attached hydrogens (primary N) is 1. The van der Waals surface area contributed by atoms with Crippen molar-refractivity contribution < 1.29 is 22.6 Å². The van der Waals surface area contributed by atoms with Gasteiger partial charge in [-0.1, -0.05) is 0 Å². The molecular formula is C11H12F3NO2. The van der Waals surface area contributed by atoms with Gasteiger partial charge in [-0.3, -0.25) is 0 Å². The van der Waals surface area contributed by atoms with Crippen LogP contribution in [0.15, 0.2) is 18.2 Å². The van der Waals surface area contributed by atoms with E-state index in [-0.39, 0.29) is 17.5 Å². The van der Waals surface area contributed by atoms with Crippen LogP contribution in [0, 0.1) is 0 Å². The van der Waals surface area contributed by atoms with E-state index in [0.29, 0.717) is 19.6 Å². The molecule has 1 aliphatic rings. The van der Waals surface area contributed by atoms with Crippen molar-refractivity contribution in [3.8, 4) is 5.75 Å². The first kappa shape index (κ1) is 12.0. The molecule has 0 aromatic heterocycles. The lowest BCUT2D eigenvalue weighted by atomic mass is 10.1. The Morgan fingerprint density at radius 3 is 2.71 bits per heavy atom. The second kappa shape index (κ2) is 4.44. The van der Waals surface area contributed by atoms with Gasteiger partial charge in [0.2, 0.25) is 0 Å². The van der Waals surface area contributed by atoms with Crippen LogP contribution < -0.4 is 10.5 Å². The maximum Gasteiger partial charge on any atom is 0.420 e. The Hall–Kier alpha value is -1.43. The number of rotatable bonds is 2. The highest BCUT2D eigenvalue weighted by atomic mass is 19.4. The minimum Gasteiger partial charge on any atom is -0.487 e. The molecule has 0 radical (unpaired) electrons. The van der Waals surface area contributed by atoms with E-state index in [1.54, 1.807) is 0 Å². The fourth-order valence-corrected chi connectivity index (χ4v) is 1.66. The minimum atomic E-state index is -4.47. The smallest absolute Gasteiger partial charge is 0.420 e. The van der Waals surface area contributed by atoms with E-state index in [1.807, 2.05) is 0 Å². The molecule has 17 heavy (non-hydrogen) atoms. The second-order valence-corrected chi connectivity index (χ2v) is 3.86. The monoisotopic (exact) mass is 247 g/mol. The fourth-order valence-electron chi connectivity index (χ4n) is 1.66. The highest BCUT2D eigenvalue weighted by Crippen LogP contribution is 2.38. The summed E-state index contributed by atoms with van der Waals surface area (Å²) in [6, 6.07) is 3.52. The molecule has 1 saturated heterocycles. The van der Waals surface area contributed by atoms with Crippen LogP contribution in [0.2, 0.25) is 0 Å². The first-order valence-corrected chi connectivity index (χ1v) is 5.18. The maximum atomic E-state index is 12.7. The van der Waals surface area contributed by atoms with Gasteiger partial charge in [-0.05, 0) is 18.2 Å². The first-order chi connectivity index (χ1) is 7.97. The average Bonchev–Trinajstić information content (AvgIpc) is 2.72. The fraction of sp³-hybridized carbons (Fsp3) is 0.455. The summed E-state index contributed by atoms with van der Waals surface area (Å²) < 4.78 is 48.5. The third kappa shape index (κ3) is 2.82. The number of anilines is 1. The van der Waals surface area contributed by atoms with E-state index < -0.39 is 11.7 Å². The number of ether oxygens (including phenoxy) is 2. The van der Waals surface area contributed by atoms with E-state index in [2.05, 4.69) is 0 Å². The van der Waals surface area contributed by atoms with Gasteiger partial charge < -0.3 is 15.2 Å². The number of hydrogen-bond donors (Lipinski definition) is 1. The molecule has 0 spiro atoms. The summed E-state index contributed by atoms with van der Waals surface area (Å²) >= 11 is 0. The van der Waals surface area contributed by atoms with Crippen molar-refractivity contribution in [2.45, 2.75) is 18.7 Å². The lowest BCUT2D eigenvalue weighted by Crippen LogP contribution is -2.18. The Labute approximate surface area is 96.3 Å². The van der Waals surface area contributed by atoms with Crippen LogP contribution >= 0.6 is 0 Å². The molecule has 1 aliphatic heterocycles. The van der Waals surface area contributed by atoms with Gasteiger partial charge in [0.05, 0.1) is 18.8 Å². The molecule has 1 unspecified atom stereocenters. The van der Waals surface area contributed by atoms with Crippen LogP contribution in [0.4, 0.5) is 18.9 Å². The number of halogens is 3. The van der Waals surface area contributed by atoms with Gasteiger partial charge in [0.25, 0.3) is 0 Å². The summed E-state index contributed by atoms with van der Waals surface area (Å²) in [7, 11) is 0. The summed E-state index contributed by atoms with van der Waals surface area (Å²) in [4.78, 5) is 0. The quantitative estimate of drug-likeness (QED) is 0.816. The van der Waals surface area contributed by atoms with Crippen LogP contribution in [0.3, 0.4) is 0 Å². The van der Waals surface area contributed by atoms with E-state index in [4.69, 9.17) is 15.2 Å².